The lowest BCUT2D eigenvalue weighted by Gasteiger charge is -2.11. The number of thiophene rings is 1. The number of hydrogen-bond donors (Lipinski definition) is 1. The SMILES string of the molecule is CCCn1c(NC(=O)CCn2cnc3sc4c(c3c2=O)CCCC4)nc2ccccc21. The van der Waals surface area contributed by atoms with Crippen molar-refractivity contribution in [2.75, 3.05) is 5.32 Å². The second-order valence-corrected chi connectivity index (χ2v) is 9.09. The minimum absolute atomic E-state index is 0.0320. The maximum Gasteiger partial charge on any atom is 0.262 e. The molecule has 0 saturated carbocycles. The van der Waals surface area contributed by atoms with E-state index in [-0.39, 0.29) is 17.9 Å². The Balaban J connectivity index is 1.35. The molecule has 7 nitrogen and oxygen atoms in total. The molecule has 1 aliphatic rings. The van der Waals surface area contributed by atoms with Crippen molar-refractivity contribution in [3.05, 3.63) is 51.4 Å². The molecule has 160 valence electrons. The first-order valence-corrected chi connectivity index (χ1v) is 11.7. The van der Waals surface area contributed by atoms with E-state index in [0.29, 0.717) is 12.5 Å². The molecular weight excluding hydrogens is 410 g/mol. The van der Waals surface area contributed by atoms with E-state index in [1.54, 1.807) is 22.2 Å². The van der Waals surface area contributed by atoms with Crippen molar-refractivity contribution in [1.82, 2.24) is 19.1 Å². The van der Waals surface area contributed by atoms with Crippen molar-refractivity contribution < 1.29 is 4.79 Å². The topological polar surface area (TPSA) is 81.8 Å². The fraction of sp³-hybridized carbons (Fsp3) is 0.391. The van der Waals surface area contributed by atoms with Gasteiger partial charge in [0, 0.05) is 24.4 Å². The molecule has 3 heterocycles. The summed E-state index contributed by atoms with van der Waals surface area (Å²) in [6.45, 7) is 3.17. The van der Waals surface area contributed by atoms with Crippen LogP contribution in [0.15, 0.2) is 35.4 Å². The molecule has 3 aromatic heterocycles. The number of benzene rings is 1. The normalized spacial score (nSPS) is 13.6. The predicted molar refractivity (Wildman–Crippen MR) is 124 cm³/mol. The van der Waals surface area contributed by atoms with E-state index in [2.05, 4.69) is 22.2 Å². The molecule has 0 radical (unpaired) electrons. The quantitative estimate of drug-likeness (QED) is 0.494. The molecule has 1 aliphatic carbocycles. The Morgan fingerprint density at radius 3 is 2.90 bits per heavy atom. The van der Waals surface area contributed by atoms with Gasteiger partial charge >= 0.3 is 0 Å². The van der Waals surface area contributed by atoms with Crippen LogP contribution in [0.3, 0.4) is 0 Å². The second-order valence-electron chi connectivity index (χ2n) is 8.01. The smallest absolute Gasteiger partial charge is 0.262 e. The van der Waals surface area contributed by atoms with E-state index in [1.807, 2.05) is 28.8 Å². The highest BCUT2D eigenvalue weighted by Crippen LogP contribution is 2.33. The summed E-state index contributed by atoms with van der Waals surface area (Å²) in [5, 5.41) is 3.69. The first kappa shape index (κ1) is 19.9. The number of aromatic nitrogens is 4. The third kappa shape index (κ3) is 3.65. The zero-order valence-electron chi connectivity index (χ0n) is 17.6. The Morgan fingerprint density at radius 1 is 1.19 bits per heavy atom. The van der Waals surface area contributed by atoms with E-state index in [9.17, 15) is 9.59 Å². The zero-order chi connectivity index (χ0) is 21.4. The maximum absolute atomic E-state index is 13.1. The minimum atomic E-state index is -0.160. The van der Waals surface area contributed by atoms with Crippen LogP contribution in [0.25, 0.3) is 21.3 Å². The van der Waals surface area contributed by atoms with Crippen LogP contribution in [-0.4, -0.2) is 25.0 Å². The first-order chi connectivity index (χ1) is 15.2. The van der Waals surface area contributed by atoms with Crippen molar-refractivity contribution in [1.29, 1.82) is 0 Å². The van der Waals surface area contributed by atoms with Crippen molar-refractivity contribution in [2.45, 2.75) is 58.5 Å². The molecule has 31 heavy (non-hydrogen) atoms. The molecule has 0 spiro atoms. The van der Waals surface area contributed by atoms with Crippen molar-refractivity contribution in [3.8, 4) is 0 Å². The van der Waals surface area contributed by atoms with Gasteiger partial charge < -0.3 is 4.57 Å². The highest BCUT2D eigenvalue weighted by molar-refractivity contribution is 7.18. The van der Waals surface area contributed by atoms with Gasteiger partial charge in [-0.2, -0.15) is 0 Å². The van der Waals surface area contributed by atoms with Crippen molar-refractivity contribution >= 4 is 44.4 Å². The summed E-state index contributed by atoms with van der Waals surface area (Å²) < 4.78 is 3.60. The number of carbonyl (C=O) groups excluding carboxylic acids is 1. The lowest BCUT2D eigenvalue weighted by Crippen LogP contribution is -2.24. The van der Waals surface area contributed by atoms with Crippen LogP contribution < -0.4 is 10.9 Å². The maximum atomic E-state index is 13.1. The molecule has 1 N–H and O–H groups in total. The Kier molecular flexibility index (Phi) is 5.31. The zero-order valence-corrected chi connectivity index (χ0v) is 18.4. The monoisotopic (exact) mass is 435 g/mol. The summed E-state index contributed by atoms with van der Waals surface area (Å²) in [5.41, 5.74) is 3.01. The fourth-order valence-corrected chi connectivity index (χ4v) is 5.59. The molecule has 5 rings (SSSR count). The van der Waals surface area contributed by atoms with Crippen LogP contribution in [-0.2, 0) is 30.7 Å². The number of carbonyl (C=O) groups is 1. The first-order valence-electron chi connectivity index (χ1n) is 10.9. The lowest BCUT2D eigenvalue weighted by atomic mass is 9.97. The van der Waals surface area contributed by atoms with E-state index in [1.165, 1.54) is 16.9 Å². The van der Waals surface area contributed by atoms with Crippen molar-refractivity contribution in [3.63, 3.8) is 0 Å². The minimum Gasteiger partial charge on any atom is -0.310 e. The lowest BCUT2D eigenvalue weighted by molar-refractivity contribution is -0.116. The largest absolute Gasteiger partial charge is 0.310 e. The Hall–Kier alpha value is -3.00. The Labute approximate surface area is 183 Å². The van der Waals surface area contributed by atoms with Crippen LogP contribution in [0.1, 0.15) is 43.0 Å². The van der Waals surface area contributed by atoms with E-state index in [0.717, 1.165) is 53.5 Å². The standard InChI is InChI=1S/C23H25N5O2S/c1-2-12-28-17-9-5-4-8-16(17)25-23(28)26-19(29)11-13-27-14-24-21-20(22(27)30)15-7-3-6-10-18(15)31-21/h4-5,8-9,14H,2-3,6-7,10-13H2,1H3,(H,25,26,29). The fourth-order valence-electron chi connectivity index (χ4n) is 4.37. The van der Waals surface area contributed by atoms with Crippen LogP contribution in [0, 0.1) is 0 Å². The van der Waals surface area contributed by atoms with Gasteiger partial charge in [0.15, 0.2) is 0 Å². The molecule has 1 aromatic carbocycles. The van der Waals surface area contributed by atoms with Crippen molar-refractivity contribution in [2.24, 2.45) is 0 Å². The molecule has 8 heteroatoms. The van der Waals surface area contributed by atoms with Gasteiger partial charge in [-0.25, -0.2) is 9.97 Å². The van der Waals surface area contributed by atoms with Crippen LogP contribution >= 0.6 is 11.3 Å². The van der Waals surface area contributed by atoms with Gasteiger partial charge in [-0.15, -0.1) is 11.3 Å². The van der Waals surface area contributed by atoms with E-state index >= 15 is 0 Å². The van der Waals surface area contributed by atoms with Gasteiger partial charge in [-0.3, -0.25) is 19.5 Å². The number of hydrogen-bond acceptors (Lipinski definition) is 5. The highest BCUT2D eigenvalue weighted by Gasteiger charge is 2.20. The summed E-state index contributed by atoms with van der Waals surface area (Å²) in [7, 11) is 0. The number of nitrogens with zero attached hydrogens (tertiary/aromatic N) is 4. The predicted octanol–water partition coefficient (Wildman–Crippen LogP) is 4.13. The van der Waals surface area contributed by atoms with E-state index in [4.69, 9.17) is 0 Å². The number of aryl methyl sites for hydroxylation is 4. The summed E-state index contributed by atoms with van der Waals surface area (Å²) in [6.07, 6.45) is 6.99. The van der Waals surface area contributed by atoms with Gasteiger partial charge in [0.2, 0.25) is 11.9 Å². The van der Waals surface area contributed by atoms with Crippen LogP contribution in [0.5, 0.6) is 0 Å². The van der Waals surface area contributed by atoms with Gasteiger partial charge in [-0.1, -0.05) is 19.1 Å². The molecule has 0 bridgehead atoms. The Morgan fingerprint density at radius 2 is 2.03 bits per heavy atom. The van der Waals surface area contributed by atoms with E-state index < -0.39 is 0 Å². The number of fused-ring (bicyclic) bond motifs is 4. The van der Waals surface area contributed by atoms with Gasteiger partial charge in [0.25, 0.3) is 5.56 Å². The average Bonchev–Trinajstić information content (AvgIpc) is 3.32. The molecule has 4 aromatic rings. The molecule has 1 amide bonds. The Bertz CT molecular complexity index is 1330. The number of amides is 1. The van der Waals surface area contributed by atoms with Gasteiger partial charge in [0.05, 0.1) is 22.7 Å². The third-order valence-electron chi connectivity index (χ3n) is 5.87. The molecule has 0 saturated heterocycles. The molecule has 0 aliphatic heterocycles. The summed E-state index contributed by atoms with van der Waals surface area (Å²) >= 11 is 1.64. The summed E-state index contributed by atoms with van der Waals surface area (Å²) in [4.78, 5) is 37.0. The number of nitrogens with one attached hydrogen (secondary N) is 1. The number of anilines is 1. The summed E-state index contributed by atoms with van der Waals surface area (Å²) in [6, 6.07) is 7.87. The van der Waals surface area contributed by atoms with Crippen LogP contribution in [0.4, 0.5) is 5.95 Å². The number of rotatable bonds is 6. The summed E-state index contributed by atoms with van der Waals surface area (Å²) in [5.74, 6) is 0.396. The third-order valence-corrected chi connectivity index (χ3v) is 7.07. The molecule has 0 unspecified atom stereocenters. The van der Waals surface area contributed by atoms with Crippen LogP contribution in [0.2, 0.25) is 0 Å². The van der Waals surface area contributed by atoms with Gasteiger partial charge in [0.1, 0.15) is 4.83 Å². The second kappa shape index (κ2) is 8.26. The average molecular weight is 436 g/mol. The highest BCUT2D eigenvalue weighted by atomic mass is 32.1. The molecule has 0 atom stereocenters. The molecular formula is C23H25N5O2S. The number of para-hydroxylation sites is 2. The number of imidazole rings is 1. The molecule has 0 fully saturated rings. The van der Waals surface area contributed by atoms with Gasteiger partial charge in [-0.05, 0) is 49.8 Å².